The number of amides is 1. The van der Waals surface area contributed by atoms with Gasteiger partial charge in [0, 0.05) is 40.6 Å². The molecular formula is C19H19Cl5N2O2. The summed E-state index contributed by atoms with van der Waals surface area (Å²) in [6.07, 6.45) is 0.0460. The number of benzene rings is 2. The fourth-order valence-electron chi connectivity index (χ4n) is 2.38. The summed E-state index contributed by atoms with van der Waals surface area (Å²) < 4.78 is 1.70. The second kappa shape index (κ2) is 10.1. The minimum atomic E-state index is -0.945. The van der Waals surface area contributed by atoms with Gasteiger partial charge in [-0.1, -0.05) is 53.0 Å². The molecule has 0 aliphatic rings. The smallest absolute Gasteiger partial charge is 0.285 e. The summed E-state index contributed by atoms with van der Waals surface area (Å²) >= 11 is 24.3. The van der Waals surface area contributed by atoms with Gasteiger partial charge in [0.2, 0.25) is 0 Å². The van der Waals surface area contributed by atoms with E-state index in [-0.39, 0.29) is 35.2 Å². The largest absolute Gasteiger partial charge is 0.294 e. The van der Waals surface area contributed by atoms with Crippen molar-refractivity contribution in [1.29, 1.82) is 0 Å². The molecule has 2 rings (SSSR count). The first-order valence-electron chi connectivity index (χ1n) is 8.04. The summed E-state index contributed by atoms with van der Waals surface area (Å²) in [7, 11) is 0. The molecule has 0 saturated heterocycles. The molecule has 0 bridgehead atoms. The van der Waals surface area contributed by atoms with Gasteiger partial charge in [-0.2, -0.15) is 4.53 Å². The van der Waals surface area contributed by atoms with Gasteiger partial charge in [0.1, 0.15) is 0 Å². The van der Waals surface area contributed by atoms with Crippen LogP contribution in [0.25, 0.3) is 0 Å². The number of hydrazine groups is 1. The van der Waals surface area contributed by atoms with Crippen LogP contribution in [0.5, 0.6) is 0 Å². The first-order chi connectivity index (χ1) is 12.5. The zero-order valence-electron chi connectivity index (χ0n) is 15.4. The number of rotatable bonds is 6. The highest BCUT2D eigenvalue weighted by atomic mass is 35.5. The minimum Gasteiger partial charge on any atom is -0.294 e. The molecule has 0 radical (unpaired) electrons. The molecule has 0 unspecified atom stereocenters. The van der Waals surface area contributed by atoms with Gasteiger partial charge in [-0.3, -0.25) is 9.59 Å². The number of ketones is 1. The predicted molar refractivity (Wildman–Crippen MR) is 118 cm³/mol. The van der Waals surface area contributed by atoms with Crippen molar-refractivity contribution in [3.63, 3.8) is 0 Å². The van der Waals surface area contributed by atoms with Crippen LogP contribution in [0.2, 0.25) is 10.0 Å². The quantitative estimate of drug-likeness (QED) is 0.259. The summed E-state index contributed by atoms with van der Waals surface area (Å²) in [5, 5.41) is 0.543. The number of hydrogen-bond donors (Lipinski definition) is 0. The van der Waals surface area contributed by atoms with Crippen molar-refractivity contribution in [2.24, 2.45) is 0 Å². The van der Waals surface area contributed by atoms with Crippen molar-refractivity contribution in [2.45, 2.75) is 32.7 Å². The molecule has 1 amide bonds. The summed E-state index contributed by atoms with van der Waals surface area (Å²) in [6, 6.07) is 11.6. The van der Waals surface area contributed by atoms with Crippen LogP contribution in [0.3, 0.4) is 0 Å². The highest BCUT2D eigenvalue weighted by molar-refractivity contribution is 6.38. The summed E-state index contributed by atoms with van der Waals surface area (Å²) in [5.41, 5.74) is 0.816. The van der Waals surface area contributed by atoms with Gasteiger partial charge in [-0.15, -0.1) is 16.9 Å². The Morgan fingerprint density at radius 3 is 2.11 bits per heavy atom. The van der Waals surface area contributed by atoms with Crippen molar-refractivity contribution in [3.8, 4) is 0 Å². The van der Waals surface area contributed by atoms with E-state index < -0.39 is 11.4 Å². The summed E-state index contributed by atoms with van der Waals surface area (Å²) in [6.45, 7) is 5.36. The number of hydrogen-bond acceptors (Lipinski definition) is 3. The topological polar surface area (TPSA) is 40.6 Å². The molecule has 0 fully saturated rings. The Morgan fingerprint density at radius 1 is 1.00 bits per heavy atom. The molecule has 0 aromatic heterocycles. The van der Waals surface area contributed by atoms with E-state index in [1.54, 1.807) is 26.0 Å². The highest BCUT2D eigenvalue weighted by Gasteiger charge is 2.36. The van der Waals surface area contributed by atoms with E-state index in [1.807, 2.05) is 19.1 Å². The van der Waals surface area contributed by atoms with E-state index in [2.05, 4.69) is 0 Å². The van der Waals surface area contributed by atoms with E-state index in [0.717, 1.165) is 10.1 Å². The number of halogens is 5. The highest BCUT2D eigenvalue weighted by Crippen LogP contribution is 2.30. The maximum absolute atomic E-state index is 12.6. The number of carbonyl (C=O) groups excluding carboxylic acids is 2. The molecule has 0 spiro atoms. The Kier molecular flexibility index (Phi) is 9.07. The number of nitrogens with zero attached hydrogens (tertiary/aromatic N) is 2. The van der Waals surface area contributed by atoms with Crippen molar-refractivity contribution in [3.05, 3.63) is 69.2 Å². The Balaban J connectivity index is 0.00000392. The maximum Gasteiger partial charge on any atom is 0.285 e. The number of carbonyl (C=O) groups is 2. The second-order valence-electron chi connectivity index (χ2n) is 6.73. The molecule has 0 saturated carbocycles. The first-order valence-corrected chi connectivity index (χ1v) is 9.47. The van der Waals surface area contributed by atoms with Crippen LogP contribution < -0.4 is 0 Å². The van der Waals surface area contributed by atoms with Crippen molar-refractivity contribution in [1.82, 2.24) is 9.06 Å². The van der Waals surface area contributed by atoms with Crippen LogP contribution >= 0.6 is 59.2 Å². The van der Waals surface area contributed by atoms with Gasteiger partial charge in [0.15, 0.2) is 5.78 Å². The van der Waals surface area contributed by atoms with Gasteiger partial charge in [-0.25, -0.2) is 0 Å². The van der Waals surface area contributed by atoms with Gasteiger partial charge in [0.25, 0.3) is 5.91 Å². The zero-order valence-corrected chi connectivity index (χ0v) is 19.2. The lowest BCUT2D eigenvalue weighted by atomic mass is 9.94. The molecule has 2 aromatic carbocycles. The van der Waals surface area contributed by atoms with Crippen LogP contribution in [0.4, 0.5) is 0 Å². The third kappa shape index (κ3) is 5.99. The lowest BCUT2D eigenvalue weighted by Crippen LogP contribution is -2.48. The van der Waals surface area contributed by atoms with Crippen molar-refractivity contribution >= 4 is 70.9 Å². The molecule has 0 N–H and O–H groups in total. The summed E-state index contributed by atoms with van der Waals surface area (Å²) in [5.74, 6) is -0.753. The third-order valence-corrected chi connectivity index (χ3v) is 5.49. The van der Waals surface area contributed by atoms with E-state index in [0.29, 0.717) is 15.1 Å². The van der Waals surface area contributed by atoms with Gasteiger partial charge < -0.3 is 0 Å². The molecule has 2 aromatic rings. The Morgan fingerprint density at radius 2 is 1.57 bits per heavy atom. The fourth-order valence-corrected chi connectivity index (χ4v) is 3.29. The lowest BCUT2D eigenvalue weighted by Gasteiger charge is -2.36. The first kappa shape index (κ1) is 25.0. The van der Waals surface area contributed by atoms with Crippen LogP contribution in [-0.2, 0) is 0 Å². The minimum absolute atomic E-state index is 0. The Hall–Kier alpha value is -1.01. The van der Waals surface area contributed by atoms with Gasteiger partial charge in [0.05, 0.1) is 16.1 Å². The van der Waals surface area contributed by atoms with E-state index in [9.17, 15) is 9.59 Å². The van der Waals surface area contributed by atoms with Crippen molar-refractivity contribution < 1.29 is 9.59 Å². The molecule has 9 heteroatoms. The second-order valence-corrected chi connectivity index (χ2v) is 8.21. The van der Waals surface area contributed by atoms with E-state index in [1.165, 1.54) is 18.2 Å². The van der Waals surface area contributed by atoms with Crippen molar-refractivity contribution in [2.75, 3.05) is 0 Å². The van der Waals surface area contributed by atoms with Crippen LogP contribution in [0, 0.1) is 6.92 Å². The Labute approximate surface area is 190 Å². The average Bonchev–Trinajstić information content (AvgIpc) is 2.60. The fraction of sp³-hybridized carbons (Fsp3) is 0.263. The monoisotopic (exact) mass is 482 g/mol. The predicted octanol–water partition coefficient (Wildman–Crippen LogP) is 6.74. The van der Waals surface area contributed by atoms with Crippen LogP contribution in [0.1, 0.15) is 46.5 Å². The van der Waals surface area contributed by atoms with Gasteiger partial charge in [-0.05, 0) is 39.0 Å². The Bertz CT molecular complexity index is 856. The molecule has 0 heterocycles. The SMILES string of the molecule is Cc1ccc(C(=O)CC(C)(C)N(Cl)N(Cl)C(=O)c2ccc(Cl)cc2Cl)cc1.Cl. The normalized spacial score (nSPS) is 11.1. The molecule has 28 heavy (non-hydrogen) atoms. The average molecular weight is 485 g/mol. The molecule has 0 atom stereocenters. The van der Waals surface area contributed by atoms with Gasteiger partial charge >= 0.3 is 0 Å². The zero-order chi connectivity index (χ0) is 20.4. The maximum atomic E-state index is 12.6. The summed E-state index contributed by atoms with van der Waals surface area (Å²) in [4.78, 5) is 25.2. The molecule has 0 aliphatic heterocycles. The molecule has 0 aliphatic carbocycles. The lowest BCUT2D eigenvalue weighted by molar-refractivity contribution is 0.0374. The van der Waals surface area contributed by atoms with Crippen LogP contribution in [-0.4, -0.2) is 26.3 Å². The number of Topliss-reactive ketones (excluding diaryl/α,β-unsaturated/α-hetero) is 1. The molecule has 4 nitrogen and oxygen atoms in total. The molecular weight excluding hydrogens is 465 g/mol. The van der Waals surface area contributed by atoms with E-state index >= 15 is 0 Å². The third-order valence-electron chi connectivity index (χ3n) is 3.95. The standard InChI is InChI=1S/C19H18Cl4N2O2.ClH/c1-12-4-6-13(7-5-12)17(26)11-19(2,3)25(23)24(22)18(27)15-9-8-14(20)10-16(15)21;/h4-10H,11H2,1-3H3;1H. The van der Waals surface area contributed by atoms with Crippen LogP contribution in [0.15, 0.2) is 42.5 Å². The molecule has 152 valence electrons. The number of aryl methyl sites for hydroxylation is 1. The van der Waals surface area contributed by atoms with E-state index in [4.69, 9.17) is 46.8 Å².